The number of benzene rings is 2. The van der Waals surface area contributed by atoms with Crippen molar-refractivity contribution >= 4 is 28.9 Å². The molecule has 2 aromatic rings. The molecule has 0 saturated carbocycles. The van der Waals surface area contributed by atoms with Crippen LogP contribution in [0.3, 0.4) is 0 Å². The monoisotopic (exact) mass is 382 g/mol. The maximum atomic E-state index is 9.17. The highest BCUT2D eigenvalue weighted by Crippen LogP contribution is 2.30. The van der Waals surface area contributed by atoms with Crippen molar-refractivity contribution in [3.63, 3.8) is 0 Å². The predicted molar refractivity (Wildman–Crippen MR) is 105 cm³/mol. The normalized spacial score (nSPS) is 15.1. The van der Waals surface area contributed by atoms with Crippen molar-refractivity contribution in [3.05, 3.63) is 58.6 Å². The summed E-state index contributed by atoms with van der Waals surface area (Å²) in [4.78, 5) is 2.26. The number of anilines is 1. The van der Waals surface area contributed by atoms with E-state index in [1.54, 1.807) is 13.0 Å². The number of nitrogens with one attached hydrogen (secondary N) is 1. The van der Waals surface area contributed by atoms with Crippen molar-refractivity contribution in [3.8, 4) is 5.75 Å². The van der Waals surface area contributed by atoms with Gasteiger partial charge in [-0.15, -0.1) is 0 Å². The minimum absolute atomic E-state index is 0.281. The fourth-order valence-corrected chi connectivity index (χ4v) is 2.81. The van der Waals surface area contributed by atoms with E-state index in [9.17, 15) is 0 Å². The highest BCUT2D eigenvalue weighted by molar-refractivity contribution is 6.33. The van der Waals surface area contributed by atoms with Gasteiger partial charge in [0, 0.05) is 37.3 Å². The van der Waals surface area contributed by atoms with Crippen LogP contribution in [0.1, 0.15) is 6.92 Å². The van der Waals surface area contributed by atoms with Crippen molar-refractivity contribution in [1.82, 2.24) is 5.32 Å². The Hall–Kier alpha value is -1.46. The van der Waals surface area contributed by atoms with E-state index in [4.69, 9.17) is 33.0 Å². The molecule has 2 aromatic carbocycles. The number of halogens is 2. The van der Waals surface area contributed by atoms with Crippen molar-refractivity contribution in [2.45, 2.75) is 13.0 Å². The van der Waals surface area contributed by atoms with Crippen LogP contribution in [0.15, 0.2) is 48.5 Å². The number of hydrogen-bond donors (Lipinski definition) is 2. The topological polar surface area (TPSA) is 44.7 Å². The molecule has 0 radical (unpaired) electrons. The van der Waals surface area contributed by atoms with Gasteiger partial charge in [0.1, 0.15) is 12.4 Å². The SMILES string of the molecule is C[C@H](O)COc1ccc(N2CCNCC2)c(Cl)c1.Clc1ccccc1. The van der Waals surface area contributed by atoms with Gasteiger partial charge in [-0.1, -0.05) is 41.4 Å². The molecule has 1 atom stereocenters. The summed E-state index contributed by atoms with van der Waals surface area (Å²) < 4.78 is 5.43. The summed E-state index contributed by atoms with van der Waals surface area (Å²) >= 11 is 11.8. The van der Waals surface area contributed by atoms with Crippen LogP contribution in [0.25, 0.3) is 0 Å². The van der Waals surface area contributed by atoms with E-state index in [-0.39, 0.29) is 6.61 Å². The second-order valence-electron chi connectivity index (χ2n) is 5.81. The van der Waals surface area contributed by atoms with Crippen LogP contribution in [0, 0.1) is 0 Å². The van der Waals surface area contributed by atoms with Crippen molar-refractivity contribution in [1.29, 1.82) is 0 Å². The lowest BCUT2D eigenvalue weighted by atomic mass is 10.2. The molecule has 25 heavy (non-hydrogen) atoms. The van der Waals surface area contributed by atoms with E-state index in [1.807, 2.05) is 42.5 Å². The maximum absolute atomic E-state index is 9.17. The number of ether oxygens (including phenoxy) is 1. The van der Waals surface area contributed by atoms with Crippen LogP contribution >= 0.6 is 23.2 Å². The first-order chi connectivity index (χ1) is 12.1. The Kier molecular flexibility index (Phi) is 8.35. The zero-order valence-corrected chi connectivity index (χ0v) is 15.8. The molecule has 1 fully saturated rings. The lowest BCUT2D eigenvalue weighted by Crippen LogP contribution is -2.43. The number of piperazine rings is 1. The molecule has 1 heterocycles. The summed E-state index contributed by atoms with van der Waals surface area (Å²) in [5, 5.41) is 14.0. The molecular formula is C19H24Cl2N2O2. The van der Waals surface area contributed by atoms with Crippen LogP contribution in [-0.4, -0.2) is 44.0 Å². The second kappa shape index (κ2) is 10.5. The molecule has 1 aliphatic heterocycles. The molecule has 0 bridgehead atoms. The van der Waals surface area contributed by atoms with Gasteiger partial charge in [-0.05, 0) is 31.2 Å². The fraction of sp³-hybridized carbons (Fsp3) is 0.368. The largest absolute Gasteiger partial charge is 0.491 e. The number of rotatable bonds is 4. The standard InChI is InChI=1S/C13H19ClN2O2.C6H5Cl/c1-10(17)9-18-11-2-3-13(12(14)8-11)16-6-4-15-5-7-16;7-6-4-2-1-3-5-6/h2-3,8,10,15,17H,4-7,9H2,1H3;1-5H/t10-;/m0./s1. The number of nitrogens with zero attached hydrogens (tertiary/aromatic N) is 1. The van der Waals surface area contributed by atoms with E-state index >= 15 is 0 Å². The maximum Gasteiger partial charge on any atom is 0.121 e. The lowest BCUT2D eigenvalue weighted by molar-refractivity contribution is 0.123. The zero-order chi connectivity index (χ0) is 18.1. The molecule has 1 aliphatic rings. The third-order valence-corrected chi connectivity index (χ3v) is 4.16. The van der Waals surface area contributed by atoms with Gasteiger partial charge in [0.2, 0.25) is 0 Å². The van der Waals surface area contributed by atoms with E-state index < -0.39 is 6.10 Å². The molecule has 0 aromatic heterocycles. The quantitative estimate of drug-likeness (QED) is 0.842. The van der Waals surface area contributed by atoms with Gasteiger partial charge in [0.05, 0.1) is 16.8 Å². The average Bonchev–Trinajstić information content (AvgIpc) is 2.62. The first-order valence-electron chi connectivity index (χ1n) is 8.33. The van der Waals surface area contributed by atoms with Crippen molar-refractivity contribution in [2.75, 3.05) is 37.7 Å². The Balaban J connectivity index is 0.000000269. The van der Waals surface area contributed by atoms with Crippen LogP contribution in [0.4, 0.5) is 5.69 Å². The third kappa shape index (κ3) is 7.12. The molecule has 0 unspecified atom stereocenters. The Morgan fingerprint density at radius 2 is 1.80 bits per heavy atom. The average molecular weight is 383 g/mol. The Labute approximate surface area is 159 Å². The van der Waals surface area contributed by atoms with Crippen molar-refractivity contribution in [2.24, 2.45) is 0 Å². The van der Waals surface area contributed by atoms with Crippen LogP contribution in [0.5, 0.6) is 5.75 Å². The fourth-order valence-electron chi connectivity index (χ4n) is 2.37. The highest BCUT2D eigenvalue weighted by atomic mass is 35.5. The van der Waals surface area contributed by atoms with Gasteiger partial charge >= 0.3 is 0 Å². The van der Waals surface area contributed by atoms with Gasteiger partial charge in [0.25, 0.3) is 0 Å². The number of aliphatic hydroxyl groups excluding tert-OH is 1. The number of hydrogen-bond acceptors (Lipinski definition) is 4. The summed E-state index contributed by atoms with van der Waals surface area (Å²) in [6.07, 6.45) is -0.475. The molecule has 6 heteroatoms. The van der Waals surface area contributed by atoms with Crippen LogP contribution < -0.4 is 15.0 Å². The first-order valence-corrected chi connectivity index (χ1v) is 9.08. The molecule has 1 saturated heterocycles. The zero-order valence-electron chi connectivity index (χ0n) is 14.3. The van der Waals surface area contributed by atoms with E-state index in [0.29, 0.717) is 10.8 Å². The second-order valence-corrected chi connectivity index (χ2v) is 6.65. The third-order valence-electron chi connectivity index (χ3n) is 3.60. The molecular weight excluding hydrogens is 359 g/mol. The summed E-state index contributed by atoms with van der Waals surface area (Å²) in [5.41, 5.74) is 1.04. The molecule has 0 aliphatic carbocycles. The van der Waals surface area contributed by atoms with Gasteiger partial charge in [0.15, 0.2) is 0 Å². The van der Waals surface area contributed by atoms with Gasteiger partial charge < -0.3 is 20.1 Å². The minimum atomic E-state index is -0.475. The van der Waals surface area contributed by atoms with Crippen LogP contribution in [-0.2, 0) is 0 Å². The summed E-state index contributed by atoms with van der Waals surface area (Å²) in [5.74, 6) is 0.694. The van der Waals surface area contributed by atoms with E-state index in [0.717, 1.165) is 36.9 Å². The minimum Gasteiger partial charge on any atom is -0.491 e. The Morgan fingerprint density at radius 1 is 1.12 bits per heavy atom. The van der Waals surface area contributed by atoms with Crippen molar-refractivity contribution < 1.29 is 9.84 Å². The highest BCUT2D eigenvalue weighted by Gasteiger charge is 2.14. The molecule has 3 rings (SSSR count). The first kappa shape index (κ1) is 19.9. The molecule has 2 N–H and O–H groups in total. The molecule has 136 valence electrons. The Bertz CT molecular complexity index is 633. The van der Waals surface area contributed by atoms with Gasteiger partial charge in [-0.2, -0.15) is 0 Å². The molecule has 0 amide bonds. The van der Waals surface area contributed by atoms with Crippen LogP contribution in [0.2, 0.25) is 10.0 Å². The summed E-state index contributed by atoms with van der Waals surface area (Å²) in [6, 6.07) is 15.1. The molecule has 4 nitrogen and oxygen atoms in total. The Morgan fingerprint density at radius 3 is 2.32 bits per heavy atom. The summed E-state index contributed by atoms with van der Waals surface area (Å²) in [7, 11) is 0. The van der Waals surface area contributed by atoms with Gasteiger partial charge in [-0.3, -0.25) is 0 Å². The summed E-state index contributed by atoms with van der Waals surface area (Å²) in [6.45, 7) is 5.87. The predicted octanol–water partition coefficient (Wildman–Crippen LogP) is 3.85. The van der Waals surface area contributed by atoms with E-state index in [2.05, 4.69) is 10.2 Å². The molecule has 0 spiro atoms. The smallest absolute Gasteiger partial charge is 0.121 e. The number of aliphatic hydroxyl groups is 1. The van der Waals surface area contributed by atoms with E-state index in [1.165, 1.54) is 0 Å². The van der Waals surface area contributed by atoms with Gasteiger partial charge in [-0.25, -0.2) is 0 Å². The lowest BCUT2D eigenvalue weighted by Gasteiger charge is -2.30.